The zero-order valence-corrected chi connectivity index (χ0v) is 27.9. The average molecular weight is 657 g/mol. The van der Waals surface area contributed by atoms with Crippen LogP contribution in [-0.4, -0.2) is 15.0 Å². The highest BCUT2D eigenvalue weighted by atomic mass is 16.3. The first-order chi connectivity index (χ1) is 25.2. The maximum Gasteiger partial charge on any atom is 0.164 e. The lowest BCUT2D eigenvalue weighted by atomic mass is 9.67. The highest BCUT2D eigenvalue weighted by molar-refractivity contribution is 6.11. The van der Waals surface area contributed by atoms with Gasteiger partial charge >= 0.3 is 0 Å². The highest BCUT2D eigenvalue weighted by Gasteiger charge is 2.44. The largest absolute Gasteiger partial charge is 0.456 e. The fraction of sp³-hybridized carbons (Fsp3) is 0.130. The van der Waals surface area contributed by atoms with Gasteiger partial charge in [-0.1, -0.05) is 116 Å². The fourth-order valence-corrected chi connectivity index (χ4v) is 8.58. The summed E-state index contributed by atoms with van der Waals surface area (Å²) < 4.78 is 6.23. The molecule has 242 valence electrons. The van der Waals surface area contributed by atoms with E-state index in [1.54, 1.807) is 0 Å². The van der Waals surface area contributed by atoms with Crippen LogP contribution in [0, 0.1) is 11.3 Å². The minimum absolute atomic E-state index is 0.0463. The first-order valence-electron chi connectivity index (χ1n) is 17.7. The number of benzene rings is 6. The molecular weight excluding hydrogens is 625 g/mol. The monoisotopic (exact) mass is 656 g/mol. The normalized spacial score (nSPS) is 14.4. The van der Waals surface area contributed by atoms with E-state index in [-0.39, 0.29) is 5.41 Å². The molecule has 6 aromatic carbocycles. The molecule has 0 bridgehead atoms. The van der Waals surface area contributed by atoms with Gasteiger partial charge in [0.15, 0.2) is 17.5 Å². The Labute approximate surface area is 295 Å². The van der Waals surface area contributed by atoms with Gasteiger partial charge in [0.05, 0.1) is 11.6 Å². The Hall–Kier alpha value is -6.38. The van der Waals surface area contributed by atoms with Crippen molar-refractivity contribution in [2.24, 2.45) is 0 Å². The van der Waals surface area contributed by atoms with Crippen molar-refractivity contribution in [3.63, 3.8) is 0 Å². The molecular formula is C46H32N4O. The van der Waals surface area contributed by atoms with Crippen molar-refractivity contribution < 1.29 is 4.42 Å². The molecule has 1 fully saturated rings. The average Bonchev–Trinajstić information content (AvgIpc) is 3.71. The Bertz CT molecular complexity index is 2700. The van der Waals surface area contributed by atoms with E-state index in [4.69, 9.17) is 19.4 Å². The van der Waals surface area contributed by atoms with Crippen LogP contribution in [0.15, 0.2) is 138 Å². The Morgan fingerprint density at radius 1 is 0.510 bits per heavy atom. The highest BCUT2D eigenvalue weighted by Crippen LogP contribution is 2.56. The van der Waals surface area contributed by atoms with Crippen molar-refractivity contribution in [1.29, 1.82) is 5.26 Å². The number of nitriles is 1. The minimum atomic E-state index is -0.0463. The second-order valence-electron chi connectivity index (χ2n) is 13.8. The number of nitrogens with zero attached hydrogens (tertiary/aromatic N) is 4. The molecule has 0 aliphatic heterocycles. The Balaban J connectivity index is 1.12. The van der Waals surface area contributed by atoms with Gasteiger partial charge in [-0.15, -0.1) is 0 Å². The molecule has 0 amide bonds. The Kier molecular flexibility index (Phi) is 6.72. The smallest absolute Gasteiger partial charge is 0.164 e. The molecule has 0 radical (unpaired) electrons. The van der Waals surface area contributed by atoms with Gasteiger partial charge < -0.3 is 4.42 Å². The summed E-state index contributed by atoms with van der Waals surface area (Å²) in [5.41, 5.74) is 12.7. The van der Waals surface area contributed by atoms with Crippen molar-refractivity contribution in [2.45, 2.75) is 37.5 Å². The fourth-order valence-electron chi connectivity index (χ4n) is 8.58. The number of hydrogen-bond donors (Lipinski definition) is 0. The van der Waals surface area contributed by atoms with E-state index in [2.05, 4.69) is 72.8 Å². The van der Waals surface area contributed by atoms with Gasteiger partial charge in [-0.2, -0.15) is 5.26 Å². The van der Waals surface area contributed by atoms with E-state index >= 15 is 0 Å². The topological polar surface area (TPSA) is 75.6 Å². The van der Waals surface area contributed by atoms with Gasteiger partial charge in [0.25, 0.3) is 0 Å². The molecule has 1 spiro atoms. The third-order valence-electron chi connectivity index (χ3n) is 11.0. The number of rotatable bonds is 4. The molecule has 8 aromatic rings. The summed E-state index contributed by atoms with van der Waals surface area (Å²) in [6, 6.07) is 48.4. The number of aromatic nitrogens is 3. The molecule has 0 unspecified atom stereocenters. The zero-order valence-electron chi connectivity index (χ0n) is 27.9. The SMILES string of the molecule is N#Cc1ccc2c(c1)C1(CCCCC1)c1cc(-c3cccc(-c4nc(-c5ccccc5)nc(-c5cccc6oc7ccccc7c56)n4)c3)ccc1-2. The second kappa shape index (κ2) is 11.6. The van der Waals surface area contributed by atoms with Crippen molar-refractivity contribution in [2.75, 3.05) is 0 Å². The Morgan fingerprint density at radius 2 is 1.16 bits per heavy atom. The van der Waals surface area contributed by atoms with Gasteiger partial charge in [-0.3, -0.25) is 0 Å². The second-order valence-corrected chi connectivity index (χ2v) is 13.8. The van der Waals surface area contributed by atoms with Crippen molar-refractivity contribution in [1.82, 2.24) is 15.0 Å². The van der Waals surface area contributed by atoms with Crippen molar-refractivity contribution in [3.05, 3.63) is 150 Å². The van der Waals surface area contributed by atoms with Crippen LogP contribution in [0.25, 0.3) is 78.4 Å². The molecule has 1 saturated carbocycles. The van der Waals surface area contributed by atoms with E-state index in [1.807, 2.05) is 66.7 Å². The molecule has 5 nitrogen and oxygen atoms in total. The van der Waals surface area contributed by atoms with Crippen LogP contribution < -0.4 is 0 Å². The summed E-state index contributed by atoms with van der Waals surface area (Å²) in [4.78, 5) is 15.3. The van der Waals surface area contributed by atoms with Crippen LogP contribution in [0.2, 0.25) is 0 Å². The van der Waals surface area contributed by atoms with Gasteiger partial charge in [0, 0.05) is 32.9 Å². The van der Waals surface area contributed by atoms with Gasteiger partial charge in [0.1, 0.15) is 11.2 Å². The predicted octanol–water partition coefficient (Wildman–Crippen LogP) is 11.5. The lowest BCUT2D eigenvalue weighted by Crippen LogP contribution is -2.28. The summed E-state index contributed by atoms with van der Waals surface area (Å²) in [6.07, 6.45) is 5.88. The van der Waals surface area contributed by atoms with Crippen LogP contribution in [0.4, 0.5) is 0 Å². The molecule has 0 atom stereocenters. The number of furan rings is 1. The van der Waals surface area contributed by atoms with E-state index < -0.39 is 0 Å². The summed E-state index contributed by atoms with van der Waals surface area (Å²) in [7, 11) is 0. The molecule has 51 heavy (non-hydrogen) atoms. The van der Waals surface area contributed by atoms with Gasteiger partial charge in [0.2, 0.25) is 0 Å². The zero-order chi connectivity index (χ0) is 33.9. The first-order valence-corrected chi connectivity index (χ1v) is 17.7. The molecule has 10 rings (SSSR count). The van der Waals surface area contributed by atoms with Gasteiger partial charge in [-0.05, 0) is 82.6 Å². The van der Waals surface area contributed by atoms with Crippen molar-refractivity contribution in [3.8, 4) is 62.5 Å². The summed E-state index contributed by atoms with van der Waals surface area (Å²) in [5, 5.41) is 11.8. The summed E-state index contributed by atoms with van der Waals surface area (Å²) in [6.45, 7) is 0. The molecule has 2 aliphatic carbocycles. The number of hydrogen-bond acceptors (Lipinski definition) is 5. The van der Waals surface area contributed by atoms with Crippen LogP contribution >= 0.6 is 0 Å². The molecule has 2 aliphatic rings. The quantitative estimate of drug-likeness (QED) is 0.188. The van der Waals surface area contributed by atoms with Crippen LogP contribution in [0.1, 0.15) is 48.8 Å². The van der Waals surface area contributed by atoms with E-state index in [9.17, 15) is 5.26 Å². The summed E-state index contributed by atoms with van der Waals surface area (Å²) >= 11 is 0. The number of fused-ring (bicyclic) bond motifs is 8. The third-order valence-corrected chi connectivity index (χ3v) is 11.0. The summed E-state index contributed by atoms with van der Waals surface area (Å²) in [5.74, 6) is 1.84. The number of para-hydroxylation sites is 1. The van der Waals surface area contributed by atoms with Crippen LogP contribution in [-0.2, 0) is 5.41 Å². The van der Waals surface area contributed by atoms with E-state index in [0.717, 1.165) is 62.6 Å². The molecule has 0 N–H and O–H groups in total. The standard InChI is InChI=1S/C46H32N4O/c47-28-29-19-21-34-35-22-20-32(27-39(35)46(38(34)25-29)23-7-2-8-24-46)31-13-9-14-33(26-31)44-48-43(30-11-3-1-4-12-30)49-45(50-44)37-16-10-18-41-42(37)36-15-5-6-17-40(36)51-41/h1,3-6,9-22,25-27H,2,7-8,23-24H2. The van der Waals surface area contributed by atoms with Gasteiger partial charge in [-0.25, -0.2) is 15.0 Å². The lowest BCUT2D eigenvalue weighted by Gasteiger charge is -2.36. The van der Waals surface area contributed by atoms with Crippen LogP contribution in [0.5, 0.6) is 0 Å². The molecule has 2 heterocycles. The van der Waals surface area contributed by atoms with Crippen LogP contribution in [0.3, 0.4) is 0 Å². The first kappa shape index (κ1) is 29.5. The van der Waals surface area contributed by atoms with E-state index in [0.29, 0.717) is 17.5 Å². The maximum absolute atomic E-state index is 9.76. The minimum Gasteiger partial charge on any atom is -0.456 e. The molecule has 0 saturated heterocycles. The molecule has 5 heteroatoms. The lowest BCUT2D eigenvalue weighted by molar-refractivity contribution is 0.353. The third kappa shape index (κ3) is 4.71. The predicted molar refractivity (Wildman–Crippen MR) is 203 cm³/mol. The van der Waals surface area contributed by atoms with Crippen molar-refractivity contribution >= 4 is 21.9 Å². The molecule has 2 aromatic heterocycles. The Morgan fingerprint density at radius 3 is 2.00 bits per heavy atom. The van der Waals surface area contributed by atoms with E-state index in [1.165, 1.54) is 47.1 Å². The maximum atomic E-state index is 9.76.